The number of halogens is 3. The highest BCUT2D eigenvalue weighted by Crippen LogP contribution is 2.28. The molecule has 98 valence electrons. The summed E-state index contributed by atoms with van der Waals surface area (Å²) in [6.07, 6.45) is 0. The van der Waals surface area contributed by atoms with Crippen molar-refractivity contribution in [3.8, 4) is 0 Å². The molecule has 0 spiro atoms. The maximum Gasteiger partial charge on any atom is 0.255 e. The Morgan fingerprint density at radius 1 is 1.16 bits per heavy atom. The third-order valence-corrected chi connectivity index (χ3v) is 2.72. The van der Waals surface area contributed by atoms with Gasteiger partial charge in [-0.1, -0.05) is 17.7 Å². The van der Waals surface area contributed by atoms with E-state index in [0.717, 1.165) is 12.1 Å². The lowest BCUT2D eigenvalue weighted by Gasteiger charge is -2.10. The van der Waals surface area contributed by atoms with E-state index < -0.39 is 17.5 Å². The molecule has 0 aliphatic carbocycles. The van der Waals surface area contributed by atoms with Crippen molar-refractivity contribution in [2.45, 2.75) is 0 Å². The van der Waals surface area contributed by atoms with Crippen molar-refractivity contribution in [3.05, 3.63) is 58.6 Å². The third-order valence-electron chi connectivity index (χ3n) is 2.41. The average molecular weight is 283 g/mol. The van der Waals surface area contributed by atoms with Crippen LogP contribution < -0.4 is 11.1 Å². The lowest BCUT2D eigenvalue weighted by molar-refractivity contribution is 0.102. The first-order chi connectivity index (χ1) is 8.97. The largest absolute Gasteiger partial charge is 0.397 e. The molecule has 0 saturated heterocycles. The van der Waals surface area contributed by atoms with E-state index in [4.69, 9.17) is 17.3 Å². The topological polar surface area (TPSA) is 55.1 Å². The molecule has 2 rings (SSSR count). The number of rotatable bonds is 2. The van der Waals surface area contributed by atoms with Gasteiger partial charge in [-0.25, -0.2) is 8.78 Å². The van der Waals surface area contributed by atoms with Gasteiger partial charge in [0.15, 0.2) is 0 Å². The number of amides is 1. The average Bonchev–Trinajstić information content (AvgIpc) is 2.32. The second kappa shape index (κ2) is 5.24. The Morgan fingerprint density at radius 2 is 1.79 bits per heavy atom. The van der Waals surface area contributed by atoms with Crippen molar-refractivity contribution >= 4 is 28.9 Å². The van der Waals surface area contributed by atoms with Crippen LogP contribution >= 0.6 is 11.6 Å². The molecule has 0 aliphatic rings. The zero-order valence-corrected chi connectivity index (χ0v) is 10.3. The Bertz CT molecular complexity index is 606. The molecule has 0 atom stereocenters. The van der Waals surface area contributed by atoms with Crippen LogP contribution in [0.4, 0.5) is 20.2 Å². The number of nitrogens with two attached hydrogens (primary N) is 1. The molecule has 1 amide bonds. The SMILES string of the molecule is Nc1cccc(Cl)c1NC(=O)c1cc(F)cc(F)c1. The standard InChI is InChI=1S/C13H9ClF2N2O/c14-10-2-1-3-11(17)12(10)18-13(19)7-4-8(15)6-9(16)5-7/h1-6H,17H2,(H,18,19). The fourth-order valence-corrected chi connectivity index (χ4v) is 1.77. The predicted octanol–water partition coefficient (Wildman–Crippen LogP) is 3.45. The molecule has 0 unspecified atom stereocenters. The van der Waals surface area contributed by atoms with Gasteiger partial charge in [-0.2, -0.15) is 0 Å². The Hall–Kier alpha value is -2.14. The molecule has 3 nitrogen and oxygen atoms in total. The van der Waals surface area contributed by atoms with Gasteiger partial charge in [-0.3, -0.25) is 4.79 Å². The van der Waals surface area contributed by atoms with Crippen LogP contribution in [0.15, 0.2) is 36.4 Å². The third kappa shape index (κ3) is 3.00. The molecule has 0 saturated carbocycles. The van der Waals surface area contributed by atoms with Crippen molar-refractivity contribution in [1.82, 2.24) is 0 Å². The minimum Gasteiger partial charge on any atom is -0.397 e. The van der Waals surface area contributed by atoms with Crippen LogP contribution in [0.1, 0.15) is 10.4 Å². The molecule has 2 aromatic carbocycles. The molecule has 6 heteroatoms. The second-order valence-electron chi connectivity index (χ2n) is 3.82. The Kier molecular flexibility index (Phi) is 3.66. The Labute approximate surface area is 113 Å². The van der Waals surface area contributed by atoms with Crippen LogP contribution in [0.25, 0.3) is 0 Å². The van der Waals surface area contributed by atoms with Crippen molar-refractivity contribution in [2.75, 3.05) is 11.1 Å². The molecule has 0 fully saturated rings. The highest BCUT2D eigenvalue weighted by atomic mass is 35.5. The van der Waals surface area contributed by atoms with Gasteiger partial charge in [0.25, 0.3) is 5.91 Å². The predicted molar refractivity (Wildman–Crippen MR) is 70.2 cm³/mol. The Morgan fingerprint density at radius 3 is 2.37 bits per heavy atom. The summed E-state index contributed by atoms with van der Waals surface area (Å²) in [4.78, 5) is 11.9. The molecule has 2 aromatic rings. The lowest BCUT2D eigenvalue weighted by atomic mass is 10.2. The van der Waals surface area contributed by atoms with E-state index >= 15 is 0 Å². The fraction of sp³-hybridized carbons (Fsp3) is 0. The fourth-order valence-electron chi connectivity index (χ4n) is 1.54. The van der Waals surface area contributed by atoms with E-state index in [9.17, 15) is 13.6 Å². The van der Waals surface area contributed by atoms with Crippen LogP contribution in [0.3, 0.4) is 0 Å². The van der Waals surface area contributed by atoms with Crippen molar-refractivity contribution in [3.63, 3.8) is 0 Å². The van der Waals surface area contributed by atoms with E-state index in [1.165, 1.54) is 0 Å². The van der Waals surface area contributed by atoms with Crippen LogP contribution in [-0.2, 0) is 0 Å². The van der Waals surface area contributed by atoms with Gasteiger partial charge < -0.3 is 11.1 Å². The Balaban J connectivity index is 2.31. The number of nitrogen functional groups attached to an aromatic ring is 1. The first-order valence-corrected chi connectivity index (χ1v) is 5.66. The monoisotopic (exact) mass is 282 g/mol. The molecule has 0 bridgehead atoms. The summed E-state index contributed by atoms with van der Waals surface area (Å²) < 4.78 is 26.0. The van der Waals surface area contributed by atoms with E-state index in [1.807, 2.05) is 0 Å². The number of nitrogens with one attached hydrogen (secondary N) is 1. The van der Waals surface area contributed by atoms with E-state index in [-0.39, 0.29) is 22.0 Å². The first-order valence-electron chi connectivity index (χ1n) is 5.29. The molecule has 0 aromatic heterocycles. The van der Waals surface area contributed by atoms with Crippen LogP contribution in [-0.4, -0.2) is 5.91 Å². The van der Waals surface area contributed by atoms with Gasteiger partial charge in [-0.05, 0) is 24.3 Å². The summed E-state index contributed by atoms with van der Waals surface area (Å²) in [5.74, 6) is -2.37. The van der Waals surface area contributed by atoms with Crippen molar-refractivity contribution < 1.29 is 13.6 Å². The van der Waals surface area contributed by atoms with Crippen LogP contribution in [0.5, 0.6) is 0 Å². The van der Waals surface area contributed by atoms with Gasteiger partial charge in [0.2, 0.25) is 0 Å². The minimum absolute atomic E-state index is 0.156. The number of anilines is 2. The number of hydrogen-bond acceptors (Lipinski definition) is 2. The van der Waals surface area contributed by atoms with Gasteiger partial charge in [0.1, 0.15) is 11.6 Å². The summed E-state index contributed by atoms with van der Waals surface area (Å²) >= 11 is 5.88. The van der Waals surface area contributed by atoms with E-state index in [0.29, 0.717) is 6.07 Å². The lowest BCUT2D eigenvalue weighted by Crippen LogP contribution is -2.14. The normalized spacial score (nSPS) is 10.3. The zero-order chi connectivity index (χ0) is 14.0. The summed E-state index contributed by atoms with van der Waals surface area (Å²) in [6.45, 7) is 0. The van der Waals surface area contributed by atoms with Gasteiger partial charge >= 0.3 is 0 Å². The van der Waals surface area contributed by atoms with Crippen molar-refractivity contribution in [2.24, 2.45) is 0 Å². The number of para-hydroxylation sites is 1. The van der Waals surface area contributed by atoms with Gasteiger partial charge in [0, 0.05) is 11.6 Å². The molecule has 3 N–H and O–H groups in total. The molecular formula is C13H9ClF2N2O. The number of carbonyl (C=O) groups is 1. The summed E-state index contributed by atoms with van der Waals surface area (Å²) in [5.41, 5.74) is 5.97. The van der Waals surface area contributed by atoms with Crippen LogP contribution in [0.2, 0.25) is 5.02 Å². The number of carbonyl (C=O) groups excluding carboxylic acids is 1. The smallest absolute Gasteiger partial charge is 0.255 e. The zero-order valence-electron chi connectivity index (χ0n) is 9.58. The molecular weight excluding hydrogens is 274 g/mol. The molecule has 0 radical (unpaired) electrons. The van der Waals surface area contributed by atoms with E-state index in [2.05, 4.69) is 5.32 Å². The highest BCUT2D eigenvalue weighted by Gasteiger charge is 2.12. The maximum atomic E-state index is 13.0. The maximum absolute atomic E-state index is 13.0. The second-order valence-corrected chi connectivity index (χ2v) is 4.22. The number of hydrogen-bond donors (Lipinski definition) is 2. The van der Waals surface area contributed by atoms with Gasteiger partial charge in [-0.15, -0.1) is 0 Å². The molecule has 0 aliphatic heterocycles. The highest BCUT2D eigenvalue weighted by molar-refractivity contribution is 6.34. The minimum atomic E-state index is -0.836. The quantitative estimate of drug-likeness (QED) is 0.829. The van der Waals surface area contributed by atoms with E-state index in [1.54, 1.807) is 18.2 Å². The first kappa shape index (κ1) is 13.3. The van der Waals surface area contributed by atoms with Crippen molar-refractivity contribution in [1.29, 1.82) is 0 Å². The summed E-state index contributed by atoms with van der Waals surface area (Å²) in [6, 6.07) is 7.24. The summed E-state index contributed by atoms with van der Waals surface area (Å²) in [7, 11) is 0. The summed E-state index contributed by atoms with van der Waals surface area (Å²) in [5, 5.41) is 2.66. The van der Waals surface area contributed by atoms with Crippen LogP contribution in [0, 0.1) is 11.6 Å². The number of benzene rings is 2. The molecule has 0 heterocycles. The van der Waals surface area contributed by atoms with Gasteiger partial charge in [0.05, 0.1) is 16.4 Å². The molecule has 19 heavy (non-hydrogen) atoms.